The Hall–Kier alpha value is -2.99. The molecule has 0 heterocycles. The van der Waals surface area contributed by atoms with Crippen LogP contribution in [0.3, 0.4) is 0 Å². The molecule has 0 aromatic heterocycles. The molecule has 2 N–H and O–H groups in total. The van der Waals surface area contributed by atoms with Crippen molar-refractivity contribution in [1.82, 2.24) is 10.6 Å². The van der Waals surface area contributed by atoms with Gasteiger partial charge in [0.05, 0.1) is 17.9 Å². The van der Waals surface area contributed by atoms with Crippen LogP contribution in [0.4, 0.5) is 0 Å². The van der Waals surface area contributed by atoms with Gasteiger partial charge in [0, 0.05) is 16.5 Å². The standard InChI is InChI=1S/C27H30N2O3S/c1-2-32-25(31)22-23(28-26(33)29-24(30)19-12-6-5-7-13-19)21-15-9-8-14-20(21)18-27(22)16-10-3-4-11-17-27/h5-9,12-15H,2-4,10-11,16-18H2,1H3,(H2,28,29,30,33). The molecule has 2 aromatic rings. The first-order chi connectivity index (χ1) is 16.0. The smallest absolute Gasteiger partial charge is 0.336 e. The van der Waals surface area contributed by atoms with Crippen LogP contribution in [-0.4, -0.2) is 23.6 Å². The van der Waals surface area contributed by atoms with E-state index in [1.807, 2.05) is 31.2 Å². The zero-order chi connectivity index (χ0) is 23.3. The molecule has 6 heteroatoms. The second-order valence-electron chi connectivity index (χ2n) is 8.77. The number of thiocarbonyl (C=S) groups is 1. The van der Waals surface area contributed by atoms with Gasteiger partial charge in [-0.05, 0) is 56.1 Å². The van der Waals surface area contributed by atoms with Crippen LogP contribution in [0, 0.1) is 5.41 Å². The SMILES string of the molecule is CCOC(=O)C1=C(NC(=S)NC(=O)c2ccccc2)c2ccccc2CC12CCCCCC2. The minimum absolute atomic E-state index is 0.168. The van der Waals surface area contributed by atoms with E-state index in [1.165, 1.54) is 18.4 Å². The Morgan fingerprint density at radius 3 is 2.33 bits per heavy atom. The minimum atomic E-state index is -0.298. The summed E-state index contributed by atoms with van der Waals surface area (Å²) in [5.74, 6) is -0.590. The maximum absolute atomic E-state index is 13.4. The van der Waals surface area contributed by atoms with E-state index in [-0.39, 0.29) is 22.4 Å². The number of ether oxygens (including phenoxy) is 1. The van der Waals surface area contributed by atoms with Gasteiger partial charge in [-0.2, -0.15) is 0 Å². The van der Waals surface area contributed by atoms with Gasteiger partial charge in [0.15, 0.2) is 5.11 Å². The summed E-state index contributed by atoms with van der Waals surface area (Å²) >= 11 is 5.53. The Morgan fingerprint density at radius 1 is 0.970 bits per heavy atom. The summed E-state index contributed by atoms with van der Waals surface area (Å²) in [6, 6.07) is 17.1. The topological polar surface area (TPSA) is 67.4 Å². The molecule has 2 aliphatic carbocycles. The molecule has 1 spiro atoms. The summed E-state index contributed by atoms with van der Waals surface area (Å²) in [7, 11) is 0. The fourth-order valence-corrected chi connectivity index (χ4v) is 5.36. The Balaban J connectivity index is 1.74. The molecule has 0 radical (unpaired) electrons. The molecule has 0 saturated heterocycles. The van der Waals surface area contributed by atoms with Crippen molar-refractivity contribution in [2.75, 3.05) is 6.61 Å². The molecule has 172 valence electrons. The van der Waals surface area contributed by atoms with E-state index in [9.17, 15) is 9.59 Å². The second kappa shape index (κ2) is 10.3. The molecule has 1 amide bonds. The minimum Gasteiger partial charge on any atom is -0.463 e. The molecule has 0 unspecified atom stereocenters. The Labute approximate surface area is 200 Å². The van der Waals surface area contributed by atoms with Crippen molar-refractivity contribution in [2.45, 2.75) is 51.9 Å². The average Bonchev–Trinajstić information content (AvgIpc) is 3.05. The first-order valence-electron chi connectivity index (χ1n) is 11.7. The van der Waals surface area contributed by atoms with Crippen LogP contribution >= 0.6 is 12.2 Å². The number of nitrogens with one attached hydrogen (secondary N) is 2. The Morgan fingerprint density at radius 2 is 1.64 bits per heavy atom. The highest BCUT2D eigenvalue weighted by molar-refractivity contribution is 7.80. The largest absolute Gasteiger partial charge is 0.463 e. The molecule has 33 heavy (non-hydrogen) atoms. The summed E-state index contributed by atoms with van der Waals surface area (Å²) in [6.07, 6.45) is 7.18. The van der Waals surface area contributed by atoms with Gasteiger partial charge < -0.3 is 10.1 Å². The predicted octanol–water partition coefficient (Wildman–Crippen LogP) is 5.16. The normalized spacial score (nSPS) is 17.0. The van der Waals surface area contributed by atoms with Gasteiger partial charge in [-0.15, -0.1) is 0 Å². The molecule has 4 rings (SSSR count). The quantitative estimate of drug-likeness (QED) is 0.485. The molecular weight excluding hydrogens is 432 g/mol. The highest BCUT2D eigenvalue weighted by atomic mass is 32.1. The molecule has 1 fully saturated rings. The fourth-order valence-electron chi connectivity index (χ4n) is 5.16. The summed E-state index contributed by atoms with van der Waals surface area (Å²) in [5.41, 5.74) is 3.68. The first kappa shape index (κ1) is 23.2. The van der Waals surface area contributed by atoms with E-state index in [2.05, 4.69) is 16.7 Å². The third kappa shape index (κ3) is 5.01. The molecule has 2 aromatic carbocycles. The van der Waals surface area contributed by atoms with Gasteiger partial charge in [-0.25, -0.2) is 4.79 Å². The molecule has 0 bridgehead atoms. The number of carbonyl (C=O) groups excluding carboxylic acids is 2. The Bertz CT molecular complexity index is 1070. The lowest BCUT2D eigenvalue weighted by atomic mass is 9.65. The summed E-state index contributed by atoms with van der Waals surface area (Å²) in [4.78, 5) is 26.0. The Kier molecular flexibility index (Phi) is 7.23. The average molecular weight is 463 g/mol. The van der Waals surface area contributed by atoms with Crippen molar-refractivity contribution in [3.63, 3.8) is 0 Å². The zero-order valence-corrected chi connectivity index (χ0v) is 19.8. The maximum atomic E-state index is 13.4. The van der Waals surface area contributed by atoms with Gasteiger partial charge in [-0.3, -0.25) is 10.1 Å². The van der Waals surface area contributed by atoms with Crippen molar-refractivity contribution in [3.8, 4) is 0 Å². The third-order valence-corrected chi connectivity index (χ3v) is 6.84. The number of fused-ring (bicyclic) bond motifs is 1. The van der Waals surface area contributed by atoms with Crippen LogP contribution in [0.5, 0.6) is 0 Å². The summed E-state index contributed by atoms with van der Waals surface area (Å²) < 4.78 is 5.56. The summed E-state index contributed by atoms with van der Waals surface area (Å²) in [5, 5.41) is 6.17. The molecule has 5 nitrogen and oxygen atoms in total. The van der Waals surface area contributed by atoms with Crippen LogP contribution in [0.15, 0.2) is 60.2 Å². The summed E-state index contributed by atoms with van der Waals surface area (Å²) in [6.45, 7) is 2.13. The highest BCUT2D eigenvalue weighted by Crippen LogP contribution is 2.50. The van der Waals surface area contributed by atoms with Gasteiger partial charge >= 0.3 is 5.97 Å². The van der Waals surface area contributed by atoms with Crippen LogP contribution in [-0.2, 0) is 16.0 Å². The van der Waals surface area contributed by atoms with E-state index >= 15 is 0 Å². The number of hydrogen-bond donors (Lipinski definition) is 2. The van der Waals surface area contributed by atoms with Crippen LogP contribution in [0.2, 0.25) is 0 Å². The maximum Gasteiger partial charge on any atom is 0.336 e. The van der Waals surface area contributed by atoms with Gasteiger partial charge in [0.25, 0.3) is 5.91 Å². The molecule has 0 aliphatic heterocycles. The second-order valence-corrected chi connectivity index (χ2v) is 9.18. The van der Waals surface area contributed by atoms with E-state index in [4.69, 9.17) is 17.0 Å². The zero-order valence-electron chi connectivity index (χ0n) is 19.0. The number of carbonyl (C=O) groups is 2. The van der Waals surface area contributed by atoms with E-state index in [0.29, 0.717) is 23.4 Å². The third-order valence-electron chi connectivity index (χ3n) is 6.64. The lowest BCUT2D eigenvalue weighted by Crippen LogP contribution is -2.43. The lowest BCUT2D eigenvalue weighted by molar-refractivity contribution is -0.140. The lowest BCUT2D eigenvalue weighted by Gasteiger charge is -2.40. The van der Waals surface area contributed by atoms with Gasteiger partial charge in [0.2, 0.25) is 0 Å². The number of hydrogen-bond acceptors (Lipinski definition) is 4. The number of rotatable bonds is 4. The fraction of sp³-hybridized carbons (Fsp3) is 0.370. The first-order valence-corrected chi connectivity index (χ1v) is 12.1. The van der Waals surface area contributed by atoms with Gasteiger partial charge in [0.1, 0.15) is 0 Å². The van der Waals surface area contributed by atoms with Crippen molar-refractivity contribution in [3.05, 3.63) is 76.9 Å². The predicted molar refractivity (Wildman–Crippen MR) is 133 cm³/mol. The van der Waals surface area contributed by atoms with Crippen molar-refractivity contribution in [2.24, 2.45) is 5.41 Å². The van der Waals surface area contributed by atoms with Crippen LogP contribution < -0.4 is 10.6 Å². The van der Waals surface area contributed by atoms with Gasteiger partial charge in [-0.1, -0.05) is 68.1 Å². The van der Waals surface area contributed by atoms with Crippen LogP contribution in [0.25, 0.3) is 5.70 Å². The van der Waals surface area contributed by atoms with Crippen molar-refractivity contribution < 1.29 is 14.3 Å². The number of amides is 1. The van der Waals surface area contributed by atoms with Crippen molar-refractivity contribution >= 4 is 34.9 Å². The number of esters is 1. The van der Waals surface area contributed by atoms with E-state index < -0.39 is 0 Å². The van der Waals surface area contributed by atoms with E-state index in [0.717, 1.165) is 37.7 Å². The van der Waals surface area contributed by atoms with E-state index in [1.54, 1.807) is 24.3 Å². The molecular formula is C27H30N2O3S. The molecule has 2 aliphatic rings. The van der Waals surface area contributed by atoms with Crippen LogP contribution in [0.1, 0.15) is 66.9 Å². The molecule has 0 atom stereocenters. The molecule has 1 saturated carbocycles. The number of benzene rings is 2. The highest BCUT2D eigenvalue weighted by Gasteiger charge is 2.45. The monoisotopic (exact) mass is 462 g/mol. The van der Waals surface area contributed by atoms with Crippen molar-refractivity contribution in [1.29, 1.82) is 0 Å².